The minimum absolute atomic E-state index is 0.309. The highest BCUT2D eigenvalue weighted by Crippen LogP contribution is 2.14. The number of aromatic nitrogens is 3. The molecule has 0 saturated heterocycles. The summed E-state index contributed by atoms with van der Waals surface area (Å²) in [4.78, 5) is 22.6. The van der Waals surface area contributed by atoms with Crippen LogP contribution in [-0.4, -0.2) is 33.0 Å². The molecule has 100 valence electrons. The Morgan fingerprint density at radius 2 is 2.21 bits per heavy atom. The van der Waals surface area contributed by atoms with Crippen LogP contribution in [-0.2, 0) is 16.1 Å². The van der Waals surface area contributed by atoms with Crippen LogP contribution in [0.2, 0.25) is 0 Å². The van der Waals surface area contributed by atoms with Crippen molar-refractivity contribution in [1.82, 2.24) is 15.0 Å². The molecule has 0 aliphatic heterocycles. The SMILES string of the molecule is CCn1nnc2cc(C(=O)O[C@H](C)C(N)=O)ccc21. The second kappa shape index (κ2) is 5.05. The minimum atomic E-state index is -0.963. The Balaban J connectivity index is 2.26. The van der Waals surface area contributed by atoms with Crippen LogP contribution in [0, 0.1) is 0 Å². The molecule has 0 fully saturated rings. The molecule has 19 heavy (non-hydrogen) atoms. The first-order valence-electron chi connectivity index (χ1n) is 5.86. The number of esters is 1. The molecule has 1 atom stereocenters. The third kappa shape index (κ3) is 2.54. The summed E-state index contributed by atoms with van der Waals surface area (Å²) in [5.74, 6) is -1.30. The summed E-state index contributed by atoms with van der Waals surface area (Å²) in [6.45, 7) is 4.07. The van der Waals surface area contributed by atoms with Gasteiger partial charge in [0.05, 0.1) is 11.1 Å². The lowest BCUT2D eigenvalue weighted by Crippen LogP contribution is -2.30. The molecule has 7 nitrogen and oxygen atoms in total. The van der Waals surface area contributed by atoms with Crippen LogP contribution >= 0.6 is 0 Å². The van der Waals surface area contributed by atoms with Crippen molar-refractivity contribution in [3.8, 4) is 0 Å². The third-order valence-corrected chi connectivity index (χ3v) is 2.73. The highest BCUT2D eigenvalue weighted by atomic mass is 16.5. The number of carbonyl (C=O) groups excluding carboxylic acids is 2. The maximum absolute atomic E-state index is 11.8. The number of benzene rings is 1. The summed E-state index contributed by atoms with van der Waals surface area (Å²) in [7, 11) is 0. The van der Waals surface area contributed by atoms with Gasteiger partial charge in [-0.15, -0.1) is 5.10 Å². The van der Waals surface area contributed by atoms with E-state index in [2.05, 4.69) is 10.3 Å². The quantitative estimate of drug-likeness (QED) is 0.808. The van der Waals surface area contributed by atoms with Crippen molar-refractivity contribution in [3.63, 3.8) is 0 Å². The van der Waals surface area contributed by atoms with Crippen molar-refractivity contribution in [2.24, 2.45) is 5.73 Å². The number of nitrogens with two attached hydrogens (primary N) is 1. The van der Waals surface area contributed by atoms with Gasteiger partial charge in [-0.1, -0.05) is 5.21 Å². The van der Waals surface area contributed by atoms with Crippen molar-refractivity contribution in [3.05, 3.63) is 23.8 Å². The molecule has 0 bridgehead atoms. The van der Waals surface area contributed by atoms with Gasteiger partial charge in [-0.25, -0.2) is 9.48 Å². The van der Waals surface area contributed by atoms with Gasteiger partial charge in [0, 0.05) is 6.54 Å². The van der Waals surface area contributed by atoms with E-state index in [1.165, 1.54) is 6.92 Å². The Morgan fingerprint density at radius 1 is 1.47 bits per heavy atom. The van der Waals surface area contributed by atoms with Crippen molar-refractivity contribution in [2.45, 2.75) is 26.5 Å². The number of nitrogens with zero attached hydrogens (tertiary/aromatic N) is 3. The number of hydrogen-bond acceptors (Lipinski definition) is 5. The van der Waals surface area contributed by atoms with E-state index in [4.69, 9.17) is 10.5 Å². The van der Waals surface area contributed by atoms with Crippen LogP contribution < -0.4 is 5.73 Å². The number of fused-ring (bicyclic) bond motifs is 1. The van der Waals surface area contributed by atoms with Crippen LogP contribution in [0.1, 0.15) is 24.2 Å². The molecule has 0 aliphatic carbocycles. The molecular formula is C12H14N4O3. The van der Waals surface area contributed by atoms with Crippen molar-refractivity contribution < 1.29 is 14.3 Å². The Morgan fingerprint density at radius 3 is 2.84 bits per heavy atom. The van der Waals surface area contributed by atoms with Crippen LogP contribution in [0.25, 0.3) is 11.0 Å². The van der Waals surface area contributed by atoms with E-state index in [0.717, 1.165) is 5.52 Å². The molecule has 1 heterocycles. The van der Waals surface area contributed by atoms with Crippen LogP contribution in [0.4, 0.5) is 0 Å². The van der Waals surface area contributed by atoms with E-state index >= 15 is 0 Å². The van der Waals surface area contributed by atoms with Crippen LogP contribution in [0.3, 0.4) is 0 Å². The summed E-state index contributed by atoms with van der Waals surface area (Å²) < 4.78 is 6.63. The van der Waals surface area contributed by atoms with Crippen LogP contribution in [0.15, 0.2) is 18.2 Å². The number of rotatable bonds is 4. The average molecular weight is 262 g/mol. The van der Waals surface area contributed by atoms with Gasteiger partial charge in [-0.2, -0.15) is 0 Å². The van der Waals surface area contributed by atoms with Gasteiger partial charge in [0.1, 0.15) is 5.52 Å². The molecule has 7 heteroatoms. The first-order chi connectivity index (χ1) is 9.02. The Kier molecular flexibility index (Phi) is 3.46. The second-order valence-corrected chi connectivity index (χ2v) is 4.06. The molecule has 1 amide bonds. The summed E-state index contributed by atoms with van der Waals surface area (Å²) in [5.41, 5.74) is 6.78. The summed E-state index contributed by atoms with van der Waals surface area (Å²) >= 11 is 0. The fourth-order valence-electron chi connectivity index (χ4n) is 1.62. The Labute approximate surface area is 109 Å². The molecule has 2 aromatic rings. The third-order valence-electron chi connectivity index (χ3n) is 2.73. The molecule has 0 unspecified atom stereocenters. The van der Waals surface area contributed by atoms with Gasteiger partial charge in [-0.05, 0) is 32.0 Å². The van der Waals surface area contributed by atoms with E-state index in [9.17, 15) is 9.59 Å². The first-order valence-corrected chi connectivity index (χ1v) is 5.86. The highest BCUT2D eigenvalue weighted by molar-refractivity contribution is 5.95. The topological polar surface area (TPSA) is 100 Å². The lowest BCUT2D eigenvalue weighted by molar-refractivity contribution is -0.125. The number of amides is 1. The Bertz CT molecular complexity index is 635. The molecule has 0 spiro atoms. The lowest BCUT2D eigenvalue weighted by Gasteiger charge is -2.09. The zero-order valence-corrected chi connectivity index (χ0v) is 10.7. The van der Waals surface area contributed by atoms with Gasteiger partial charge >= 0.3 is 5.97 Å². The molecule has 1 aromatic carbocycles. The van der Waals surface area contributed by atoms with Crippen molar-refractivity contribution >= 4 is 22.9 Å². The van der Waals surface area contributed by atoms with E-state index in [1.807, 2.05) is 6.92 Å². The lowest BCUT2D eigenvalue weighted by atomic mass is 10.2. The number of primary amides is 1. The predicted octanol–water partition coefficient (Wildman–Crippen LogP) is 0.482. The monoisotopic (exact) mass is 262 g/mol. The zero-order chi connectivity index (χ0) is 14.0. The zero-order valence-electron chi connectivity index (χ0n) is 10.7. The average Bonchev–Trinajstić information content (AvgIpc) is 2.80. The summed E-state index contributed by atoms with van der Waals surface area (Å²) in [6.07, 6.45) is -0.963. The van der Waals surface area contributed by atoms with Crippen LogP contribution in [0.5, 0.6) is 0 Å². The van der Waals surface area contributed by atoms with E-state index in [0.29, 0.717) is 17.6 Å². The number of hydrogen-bond donors (Lipinski definition) is 1. The molecule has 2 rings (SSSR count). The van der Waals surface area contributed by atoms with Gasteiger partial charge in [-0.3, -0.25) is 4.79 Å². The number of carbonyl (C=O) groups is 2. The molecule has 2 N–H and O–H groups in total. The fourth-order valence-corrected chi connectivity index (χ4v) is 1.62. The van der Waals surface area contributed by atoms with Crippen molar-refractivity contribution in [1.29, 1.82) is 0 Å². The van der Waals surface area contributed by atoms with Gasteiger partial charge in [0.25, 0.3) is 5.91 Å². The largest absolute Gasteiger partial charge is 0.449 e. The predicted molar refractivity (Wildman–Crippen MR) is 67.3 cm³/mol. The Hall–Kier alpha value is -2.44. The van der Waals surface area contributed by atoms with Gasteiger partial charge in [0.15, 0.2) is 6.10 Å². The first kappa shape index (κ1) is 13.0. The maximum atomic E-state index is 11.8. The van der Waals surface area contributed by atoms with Crippen molar-refractivity contribution in [2.75, 3.05) is 0 Å². The molecule has 0 radical (unpaired) electrons. The molecular weight excluding hydrogens is 248 g/mol. The fraction of sp³-hybridized carbons (Fsp3) is 0.333. The number of aryl methyl sites for hydroxylation is 1. The maximum Gasteiger partial charge on any atom is 0.338 e. The molecule has 1 aromatic heterocycles. The van der Waals surface area contributed by atoms with Gasteiger partial charge < -0.3 is 10.5 Å². The van der Waals surface area contributed by atoms with Gasteiger partial charge in [0.2, 0.25) is 0 Å². The number of ether oxygens (including phenoxy) is 1. The standard InChI is InChI=1S/C12H14N4O3/c1-3-16-10-5-4-8(6-9(10)14-15-16)12(18)19-7(2)11(13)17/h4-7H,3H2,1-2H3,(H2,13,17)/t7-/m1/s1. The van der Waals surface area contributed by atoms with E-state index < -0.39 is 18.0 Å². The smallest absolute Gasteiger partial charge is 0.338 e. The highest BCUT2D eigenvalue weighted by Gasteiger charge is 2.17. The van der Waals surface area contributed by atoms with E-state index in [-0.39, 0.29) is 0 Å². The summed E-state index contributed by atoms with van der Waals surface area (Å²) in [6, 6.07) is 4.92. The summed E-state index contributed by atoms with van der Waals surface area (Å²) in [5, 5.41) is 7.90. The van der Waals surface area contributed by atoms with E-state index in [1.54, 1.807) is 22.9 Å². The molecule has 0 saturated carbocycles. The minimum Gasteiger partial charge on any atom is -0.449 e. The normalized spacial score (nSPS) is 12.3. The molecule has 0 aliphatic rings. The second-order valence-electron chi connectivity index (χ2n) is 4.06.